The molecule has 1 saturated heterocycles. The Morgan fingerprint density at radius 1 is 1.11 bits per heavy atom. The molecule has 1 aromatic heterocycles. The van der Waals surface area contributed by atoms with Crippen LogP contribution in [-0.2, 0) is 9.59 Å². The maximum atomic E-state index is 12.2. The van der Waals surface area contributed by atoms with E-state index in [-0.39, 0.29) is 12.3 Å². The Morgan fingerprint density at radius 3 is 2.36 bits per heavy atom. The van der Waals surface area contributed by atoms with Crippen molar-refractivity contribution in [3.8, 4) is 0 Å². The molecule has 8 nitrogen and oxygen atoms in total. The fourth-order valence-electron chi connectivity index (χ4n) is 3.10. The maximum Gasteiger partial charge on any atom is 0.308 e. The van der Waals surface area contributed by atoms with E-state index < -0.39 is 11.9 Å². The molecule has 1 amide bonds. The van der Waals surface area contributed by atoms with Gasteiger partial charge in [-0.15, -0.1) is 0 Å². The van der Waals surface area contributed by atoms with Crippen LogP contribution in [0.5, 0.6) is 0 Å². The van der Waals surface area contributed by atoms with Gasteiger partial charge in [-0.3, -0.25) is 14.5 Å². The SMILES string of the molecule is O=C(CC(CN1CCN(c2ncccn2)CC1)C(=O)O)Nc1ccc(Cl)cc1. The first-order valence-corrected chi connectivity index (χ1v) is 9.41. The van der Waals surface area contributed by atoms with E-state index in [1.165, 1.54) is 0 Å². The molecule has 1 unspecified atom stereocenters. The van der Waals surface area contributed by atoms with Gasteiger partial charge in [0.1, 0.15) is 0 Å². The maximum absolute atomic E-state index is 12.2. The molecule has 2 heterocycles. The molecule has 1 aliphatic rings. The summed E-state index contributed by atoms with van der Waals surface area (Å²) in [5.41, 5.74) is 0.593. The van der Waals surface area contributed by atoms with E-state index in [0.29, 0.717) is 49.4 Å². The first kappa shape index (κ1) is 20.0. The monoisotopic (exact) mass is 403 g/mol. The number of carbonyl (C=O) groups excluding carboxylic acids is 1. The van der Waals surface area contributed by atoms with Crippen molar-refractivity contribution in [1.82, 2.24) is 14.9 Å². The highest BCUT2D eigenvalue weighted by atomic mass is 35.5. The molecule has 0 saturated carbocycles. The number of benzene rings is 1. The van der Waals surface area contributed by atoms with Crippen molar-refractivity contribution in [3.63, 3.8) is 0 Å². The van der Waals surface area contributed by atoms with Crippen molar-refractivity contribution >= 4 is 35.1 Å². The van der Waals surface area contributed by atoms with Gasteiger partial charge in [-0.05, 0) is 30.3 Å². The minimum Gasteiger partial charge on any atom is -0.481 e. The molecule has 2 aromatic rings. The largest absolute Gasteiger partial charge is 0.481 e. The number of carboxylic acids is 1. The van der Waals surface area contributed by atoms with Crippen LogP contribution >= 0.6 is 11.6 Å². The van der Waals surface area contributed by atoms with Crippen LogP contribution in [0.15, 0.2) is 42.7 Å². The number of rotatable bonds is 7. The number of hydrogen-bond acceptors (Lipinski definition) is 6. The molecule has 0 aliphatic carbocycles. The number of carboxylic acid groups (broad SMARTS) is 1. The van der Waals surface area contributed by atoms with Crippen LogP contribution < -0.4 is 10.2 Å². The first-order chi connectivity index (χ1) is 13.5. The van der Waals surface area contributed by atoms with E-state index in [9.17, 15) is 14.7 Å². The van der Waals surface area contributed by atoms with Crippen molar-refractivity contribution < 1.29 is 14.7 Å². The molecule has 1 aromatic carbocycles. The van der Waals surface area contributed by atoms with Crippen molar-refractivity contribution in [2.45, 2.75) is 6.42 Å². The van der Waals surface area contributed by atoms with Crippen LogP contribution in [0.1, 0.15) is 6.42 Å². The average Bonchev–Trinajstić information content (AvgIpc) is 2.70. The van der Waals surface area contributed by atoms with E-state index >= 15 is 0 Å². The zero-order valence-corrected chi connectivity index (χ0v) is 16.0. The minimum absolute atomic E-state index is 0.0834. The summed E-state index contributed by atoms with van der Waals surface area (Å²) in [7, 11) is 0. The molecule has 0 spiro atoms. The molecule has 9 heteroatoms. The number of carbonyl (C=O) groups is 2. The van der Waals surface area contributed by atoms with Crippen molar-refractivity contribution in [1.29, 1.82) is 0 Å². The number of piperazine rings is 1. The third-order valence-corrected chi connectivity index (χ3v) is 4.85. The normalized spacial score (nSPS) is 15.8. The van der Waals surface area contributed by atoms with Crippen LogP contribution in [-0.4, -0.2) is 64.6 Å². The van der Waals surface area contributed by atoms with Crippen LogP contribution in [0, 0.1) is 5.92 Å². The summed E-state index contributed by atoms with van der Waals surface area (Å²) in [6, 6.07) is 8.47. The number of nitrogens with zero attached hydrogens (tertiary/aromatic N) is 4. The third kappa shape index (κ3) is 5.64. The molecule has 2 N–H and O–H groups in total. The van der Waals surface area contributed by atoms with Crippen molar-refractivity contribution in [3.05, 3.63) is 47.7 Å². The second-order valence-electron chi connectivity index (χ2n) is 6.63. The summed E-state index contributed by atoms with van der Waals surface area (Å²) < 4.78 is 0. The highest BCUT2D eigenvalue weighted by Gasteiger charge is 2.27. The zero-order valence-electron chi connectivity index (χ0n) is 15.3. The average molecular weight is 404 g/mol. The van der Waals surface area contributed by atoms with Crippen LogP contribution in [0.4, 0.5) is 11.6 Å². The lowest BCUT2D eigenvalue weighted by Crippen LogP contribution is -2.49. The standard InChI is InChI=1S/C19H22ClN5O3/c20-15-2-4-16(5-3-15)23-17(26)12-14(18(27)28)13-24-8-10-25(11-9-24)19-21-6-1-7-22-19/h1-7,14H,8-13H2,(H,23,26)(H,27,28). The van der Waals surface area contributed by atoms with Gasteiger partial charge in [0.2, 0.25) is 11.9 Å². The Balaban J connectivity index is 1.50. The number of amides is 1. The molecule has 0 radical (unpaired) electrons. The predicted octanol–water partition coefficient (Wildman–Crippen LogP) is 1.98. The van der Waals surface area contributed by atoms with Crippen molar-refractivity contribution in [2.75, 3.05) is 42.9 Å². The molecule has 28 heavy (non-hydrogen) atoms. The quantitative estimate of drug-likeness (QED) is 0.729. The van der Waals surface area contributed by atoms with Gasteiger partial charge in [-0.1, -0.05) is 11.6 Å². The number of aliphatic carboxylic acids is 1. The van der Waals surface area contributed by atoms with Gasteiger partial charge in [-0.25, -0.2) is 9.97 Å². The molecular weight excluding hydrogens is 382 g/mol. The first-order valence-electron chi connectivity index (χ1n) is 9.04. The summed E-state index contributed by atoms with van der Waals surface area (Å²) in [5.74, 6) is -1.39. The molecule has 3 rings (SSSR count). The van der Waals surface area contributed by atoms with Gasteiger partial charge in [0, 0.05) is 62.2 Å². The van der Waals surface area contributed by atoms with Gasteiger partial charge in [0.15, 0.2) is 0 Å². The lowest BCUT2D eigenvalue weighted by molar-refractivity contribution is -0.144. The number of halogens is 1. The number of anilines is 2. The fraction of sp³-hybridized carbons (Fsp3) is 0.368. The Labute approximate surface area is 168 Å². The number of aromatic nitrogens is 2. The molecule has 148 valence electrons. The third-order valence-electron chi connectivity index (χ3n) is 4.59. The van der Waals surface area contributed by atoms with Crippen molar-refractivity contribution in [2.24, 2.45) is 5.92 Å². The van der Waals surface area contributed by atoms with Crippen LogP contribution in [0.3, 0.4) is 0 Å². The van der Waals surface area contributed by atoms with E-state index in [0.717, 1.165) is 0 Å². The molecular formula is C19H22ClN5O3. The van der Waals surface area contributed by atoms with Gasteiger partial charge < -0.3 is 15.3 Å². The topological polar surface area (TPSA) is 98.7 Å². The van der Waals surface area contributed by atoms with E-state index in [1.54, 1.807) is 42.7 Å². The highest BCUT2D eigenvalue weighted by Crippen LogP contribution is 2.16. The molecule has 0 bridgehead atoms. The summed E-state index contributed by atoms with van der Waals surface area (Å²) in [6.45, 7) is 3.15. The van der Waals surface area contributed by atoms with Crippen LogP contribution in [0.25, 0.3) is 0 Å². The smallest absolute Gasteiger partial charge is 0.308 e. The number of hydrogen-bond donors (Lipinski definition) is 2. The Bertz CT molecular complexity index is 795. The molecule has 1 aliphatic heterocycles. The molecule has 1 atom stereocenters. The lowest BCUT2D eigenvalue weighted by Gasteiger charge is -2.35. The van der Waals surface area contributed by atoms with Gasteiger partial charge >= 0.3 is 5.97 Å². The van der Waals surface area contributed by atoms with Crippen LogP contribution in [0.2, 0.25) is 5.02 Å². The van der Waals surface area contributed by atoms with E-state index in [1.807, 2.05) is 0 Å². The Kier molecular flexibility index (Phi) is 6.78. The van der Waals surface area contributed by atoms with Gasteiger partial charge in [0.25, 0.3) is 0 Å². The zero-order chi connectivity index (χ0) is 19.9. The predicted molar refractivity (Wildman–Crippen MR) is 107 cm³/mol. The minimum atomic E-state index is -0.972. The van der Waals surface area contributed by atoms with Gasteiger partial charge in [0.05, 0.1) is 5.92 Å². The fourth-order valence-corrected chi connectivity index (χ4v) is 3.22. The summed E-state index contributed by atoms with van der Waals surface area (Å²) in [5, 5.41) is 12.8. The highest BCUT2D eigenvalue weighted by molar-refractivity contribution is 6.30. The second kappa shape index (κ2) is 9.48. The number of nitrogens with one attached hydrogen (secondary N) is 1. The Morgan fingerprint density at radius 2 is 1.75 bits per heavy atom. The van der Waals surface area contributed by atoms with E-state index in [4.69, 9.17) is 11.6 Å². The van der Waals surface area contributed by atoms with E-state index in [2.05, 4.69) is 25.1 Å². The lowest BCUT2D eigenvalue weighted by atomic mass is 10.0. The Hall–Kier alpha value is -2.71. The second-order valence-corrected chi connectivity index (χ2v) is 7.07. The van der Waals surface area contributed by atoms with Gasteiger partial charge in [-0.2, -0.15) is 0 Å². The summed E-state index contributed by atoms with van der Waals surface area (Å²) in [6.07, 6.45) is 3.32. The summed E-state index contributed by atoms with van der Waals surface area (Å²) >= 11 is 5.82. The molecule has 1 fully saturated rings. The summed E-state index contributed by atoms with van der Waals surface area (Å²) in [4.78, 5) is 36.5.